The molecule has 12 heteroatoms. The monoisotopic (exact) mass is 449 g/mol. The van der Waals surface area contributed by atoms with Crippen LogP contribution in [0.15, 0.2) is 0 Å². The molecule has 0 heterocycles. The molecule has 0 fully saturated rings. The maximum Gasteiger partial charge on any atom is 0.328 e. The zero-order valence-electron chi connectivity index (χ0n) is 17.7. The fourth-order valence-corrected chi connectivity index (χ4v) is 2.94. The predicted octanol–water partition coefficient (Wildman–Crippen LogP) is -1.86. The number of unbranched alkanes of at least 4 members (excludes halogenated alkanes) is 1. The van der Waals surface area contributed by atoms with Crippen LogP contribution in [-0.2, 0) is 19.2 Å². The van der Waals surface area contributed by atoms with Crippen molar-refractivity contribution in [3.63, 3.8) is 0 Å². The van der Waals surface area contributed by atoms with Gasteiger partial charge in [-0.25, -0.2) is 4.79 Å². The highest BCUT2D eigenvalue weighted by Crippen LogP contribution is 2.04. The first-order chi connectivity index (χ1) is 14.0. The van der Waals surface area contributed by atoms with Gasteiger partial charge in [0.05, 0.1) is 12.1 Å². The van der Waals surface area contributed by atoms with Crippen LogP contribution in [0.25, 0.3) is 0 Å². The maximum absolute atomic E-state index is 12.6. The Morgan fingerprint density at radius 3 is 2.10 bits per heavy atom. The zero-order valence-corrected chi connectivity index (χ0v) is 18.5. The van der Waals surface area contributed by atoms with Gasteiger partial charge in [0.1, 0.15) is 12.1 Å². The molecule has 174 valence electrons. The lowest BCUT2D eigenvalue weighted by atomic mass is 10.1. The number of rotatable bonds is 15. The first-order valence-corrected chi connectivity index (χ1v) is 11.2. The quantitative estimate of drug-likeness (QED) is 0.140. The predicted molar refractivity (Wildman–Crippen MR) is 115 cm³/mol. The summed E-state index contributed by atoms with van der Waals surface area (Å²) in [6.07, 6.45) is 2.74. The van der Waals surface area contributed by atoms with Gasteiger partial charge >= 0.3 is 5.97 Å². The summed E-state index contributed by atoms with van der Waals surface area (Å²) in [7, 11) is 0. The van der Waals surface area contributed by atoms with Gasteiger partial charge in [0.25, 0.3) is 0 Å². The first-order valence-electron chi connectivity index (χ1n) is 9.81. The van der Waals surface area contributed by atoms with E-state index in [-0.39, 0.29) is 0 Å². The van der Waals surface area contributed by atoms with Gasteiger partial charge in [-0.05, 0) is 51.7 Å². The molecule has 0 spiro atoms. The lowest BCUT2D eigenvalue weighted by molar-refractivity contribution is -0.145. The van der Waals surface area contributed by atoms with E-state index in [9.17, 15) is 24.3 Å². The van der Waals surface area contributed by atoms with E-state index >= 15 is 0 Å². The first kappa shape index (κ1) is 28.1. The van der Waals surface area contributed by atoms with Crippen LogP contribution in [-0.4, -0.2) is 82.7 Å². The molecule has 0 rings (SSSR count). The molecule has 0 aliphatic carbocycles. The fraction of sp³-hybridized carbons (Fsp3) is 0.778. The highest BCUT2D eigenvalue weighted by atomic mass is 32.2. The van der Waals surface area contributed by atoms with Crippen molar-refractivity contribution in [2.75, 3.05) is 18.6 Å². The smallest absolute Gasteiger partial charge is 0.328 e. The molecular weight excluding hydrogens is 414 g/mol. The highest BCUT2D eigenvalue weighted by molar-refractivity contribution is 7.98. The Labute approximate surface area is 181 Å². The van der Waals surface area contributed by atoms with Crippen molar-refractivity contribution in [1.29, 1.82) is 0 Å². The van der Waals surface area contributed by atoms with Crippen molar-refractivity contribution in [2.45, 2.75) is 69.8 Å². The molecule has 5 atom stereocenters. The topological polar surface area (TPSA) is 197 Å². The number of aliphatic carboxylic acids is 1. The van der Waals surface area contributed by atoms with E-state index in [0.29, 0.717) is 31.6 Å². The molecular formula is C18H35N5O6S. The number of carboxylic acid groups (broad SMARTS) is 1. The number of carbonyl (C=O) groups is 4. The number of carboxylic acids is 1. The normalized spacial score (nSPS) is 15.9. The molecule has 30 heavy (non-hydrogen) atoms. The minimum absolute atomic E-state index is 0.327. The van der Waals surface area contributed by atoms with Gasteiger partial charge in [0.2, 0.25) is 17.7 Å². The van der Waals surface area contributed by atoms with E-state index in [2.05, 4.69) is 16.0 Å². The van der Waals surface area contributed by atoms with E-state index in [1.165, 1.54) is 25.6 Å². The van der Waals surface area contributed by atoms with Crippen molar-refractivity contribution < 1.29 is 29.4 Å². The van der Waals surface area contributed by atoms with Crippen LogP contribution >= 0.6 is 11.8 Å². The molecule has 9 N–H and O–H groups in total. The molecule has 0 aliphatic heterocycles. The number of hydrogen-bond acceptors (Lipinski definition) is 8. The average Bonchev–Trinajstić information content (AvgIpc) is 2.67. The van der Waals surface area contributed by atoms with Crippen molar-refractivity contribution in [2.24, 2.45) is 11.5 Å². The molecule has 0 saturated heterocycles. The molecule has 0 aromatic heterocycles. The molecule has 0 bridgehead atoms. The molecule has 0 aromatic rings. The highest BCUT2D eigenvalue weighted by Gasteiger charge is 2.29. The standard InChI is InChI=1S/C18H35N5O6S/c1-10(15(25)23-14(11(2)24)18(28)29)21-17(27)13(7-9-30-3)22-16(26)12(20)6-4-5-8-19/h10-14,24H,4-9,19-20H2,1-3H3,(H,21,27)(H,22,26)(H,23,25)(H,28,29). The van der Waals surface area contributed by atoms with Crippen molar-refractivity contribution >= 4 is 35.5 Å². The molecule has 0 aromatic carbocycles. The van der Waals surface area contributed by atoms with Crippen molar-refractivity contribution in [3.8, 4) is 0 Å². The van der Waals surface area contributed by atoms with Gasteiger partial charge in [0.15, 0.2) is 6.04 Å². The Kier molecular flexibility index (Phi) is 14.0. The third kappa shape index (κ3) is 10.8. The molecule has 0 aliphatic rings. The number of aliphatic hydroxyl groups is 1. The van der Waals surface area contributed by atoms with Gasteiger partial charge in [-0.15, -0.1) is 0 Å². The largest absolute Gasteiger partial charge is 0.480 e. The Morgan fingerprint density at radius 2 is 1.60 bits per heavy atom. The number of hydrogen-bond donors (Lipinski definition) is 7. The second-order valence-corrected chi connectivity index (χ2v) is 8.01. The molecule has 0 saturated carbocycles. The summed E-state index contributed by atoms with van der Waals surface area (Å²) in [5, 5.41) is 25.7. The van der Waals surface area contributed by atoms with Crippen LogP contribution in [0.2, 0.25) is 0 Å². The summed E-state index contributed by atoms with van der Waals surface area (Å²) in [5.74, 6) is -2.64. The molecule has 5 unspecified atom stereocenters. The van der Waals surface area contributed by atoms with Crippen LogP contribution in [0, 0.1) is 0 Å². The number of thioether (sulfide) groups is 1. The Morgan fingerprint density at radius 1 is 0.967 bits per heavy atom. The van der Waals surface area contributed by atoms with Gasteiger partial charge in [-0.1, -0.05) is 6.42 Å². The van der Waals surface area contributed by atoms with E-state index < -0.39 is 54.0 Å². The number of carbonyl (C=O) groups excluding carboxylic acids is 3. The Bertz CT molecular complexity index is 577. The summed E-state index contributed by atoms with van der Waals surface area (Å²) in [5.41, 5.74) is 11.3. The summed E-state index contributed by atoms with van der Waals surface area (Å²) >= 11 is 1.49. The molecule has 3 amide bonds. The third-order valence-electron chi connectivity index (χ3n) is 4.35. The second kappa shape index (κ2) is 15.0. The van der Waals surface area contributed by atoms with E-state index in [4.69, 9.17) is 16.6 Å². The number of nitrogens with one attached hydrogen (secondary N) is 3. The van der Waals surface area contributed by atoms with Gasteiger partial charge in [-0.2, -0.15) is 11.8 Å². The third-order valence-corrected chi connectivity index (χ3v) is 4.99. The van der Waals surface area contributed by atoms with Crippen molar-refractivity contribution in [1.82, 2.24) is 16.0 Å². The zero-order chi connectivity index (χ0) is 23.3. The van der Waals surface area contributed by atoms with Gasteiger partial charge in [-0.3, -0.25) is 14.4 Å². The van der Waals surface area contributed by atoms with Crippen molar-refractivity contribution in [3.05, 3.63) is 0 Å². The Hall–Kier alpha value is -1.89. The minimum atomic E-state index is -1.50. The minimum Gasteiger partial charge on any atom is -0.480 e. The summed E-state index contributed by atoms with van der Waals surface area (Å²) in [6.45, 7) is 3.11. The summed E-state index contributed by atoms with van der Waals surface area (Å²) in [4.78, 5) is 48.2. The van der Waals surface area contributed by atoms with E-state index in [0.717, 1.165) is 6.42 Å². The van der Waals surface area contributed by atoms with Crippen LogP contribution in [0.5, 0.6) is 0 Å². The fourth-order valence-electron chi connectivity index (χ4n) is 2.47. The number of aliphatic hydroxyl groups excluding tert-OH is 1. The van der Waals surface area contributed by atoms with Crippen LogP contribution in [0.4, 0.5) is 0 Å². The number of nitrogens with two attached hydrogens (primary N) is 2. The lowest BCUT2D eigenvalue weighted by Gasteiger charge is -2.24. The number of amides is 3. The van der Waals surface area contributed by atoms with Crippen LogP contribution in [0.3, 0.4) is 0 Å². The SMILES string of the molecule is CSCCC(NC(=O)C(N)CCCCN)C(=O)NC(C)C(=O)NC(C(=O)O)C(C)O. The molecule has 0 radical (unpaired) electrons. The Balaban J connectivity index is 4.94. The summed E-state index contributed by atoms with van der Waals surface area (Å²) < 4.78 is 0. The van der Waals surface area contributed by atoms with Crippen LogP contribution in [0.1, 0.15) is 39.5 Å². The second-order valence-electron chi connectivity index (χ2n) is 7.03. The summed E-state index contributed by atoms with van der Waals surface area (Å²) in [6, 6.07) is -4.25. The lowest BCUT2D eigenvalue weighted by Crippen LogP contribution is -2.57. The van der Waals surface area contributed by atoms with Gasteiger partial charge < -0.3 is 37.6 Å². The maximum atomic E-state index is 12.6. The van der Waals surface area contributed by atoms with E-state index in [1.807, 2.05) is 6.26 Å². The molecule has 11 nitrogen and oxygen atoms in total. The average molecular weight is 450 g/mol. The van der Waals surface area contributed by atoms with Gasteiger partial charge in [0, 0.05) is 0 Å². The van der Waals surface area contributed by atoms with Crippen LogP contribution < -0.4 is 27.4 Å². The van der Waals surface area contributed by atoms with E-state index in [1.54, 1.807) is 0 Å².